The molecule has 0 aliphatic rings. The molecule has 1 unspecified atom stereocenters. The van der Waals surface area contributed by atoms with Crippen LogP contribution in [0, 0.1) is 5.41 Å². The third kappa shape index (κ3) is 2.92. The Morgan fingerprint density at radius 1 is 1.23 bits per heavy atom. The van der Waals surface area contributed by atoms with Gasteiger partial charge in [-0.3, -0.25) is 4.79 Å². The average molecular weight is 194 g/mol. The Kier molecular flexibility index (Phi) is 4.86. The van der Waals surface area contributed by atoms with Gasteiger partial charge in [0.1, 0.15) is 5.41 Å². The van der Waals surface area contributed by atoms with Gasteiger partial charge in [0.15, 0.2) is 0 Å². The molecule has 78 valence electrons. The van der Waals surface area contributed by atoms with E-state index in [0.29, 0.717) is 0 Å². The molecule has 0 aromatic heterocycles. The minimum atomic E-state index is -1.78. The monoisotopic (exact) mass is 194 g/mol. The van der Waals surface area contributed by atoms with Crippen molar-refractivity contribution in [2.24, 2.45) is 5.41 Å². The third-order valence-electron chi connectivity index (χ3n) is 1.90. The van der Waals surface area contributed by atoms with Gasteiger partial charge in [0.25, 0.3) is 0 Å². The molecular formula is C7H14O6. The van der Waals surface area contributed by atoms with Crippen LogP contribution in [0.3, 0.4) is 0 Å². The summed E-state index contributed by atoms with van der Waals surface area (Å²) in [7, 11) is 0. The summed E-state index contributed by atoms with van der Waals surface area (Å²) >= 11 is 0. The summed E-state index contributed by atoms with van der Waals surface area (Å²) in [5, 5.41) is 43.6. The van der Waals surface area contributed by atoms with Crippen molar-refractivity contribution in [2.45, 2.75) is 12.5 Å². The Morgan fingerprint density at radius 2 is 1.69 bits per heavy atom. The second-order valence-corrected chi connectivity index (χ2v) is 2.94. The molecule has 0 amide bonds. The molecule has 0 aliphatic heterocycles. The quantitative estimate of drug-likeness (QED) is 0.327. The summed E-state index contributed by atoms with van der Waals surface area (Å²) < 4.78 is 0. The normalized spacial score (nSPS) is 14.2. The summed E-state index contributed by atoms with van der Waals surface area (Å²) in [4.78, 5) is 10.6. The van der Waals surface area contributed by atoms with Gasteiger partial charge in [-0.05, 0) is 6.42 Å². The van der Waals surface area contributed by atoms with Gasteiger partial charge in [0.2, 0.25) is 0 Å². The Balaban J connectivity index is 4.48. The molecule has 0 saturated heterocycles. The van der Waals surface area contributed by atoms with Crippen LogP contribution in [-0.4, -0.2) is 57.4 Å². The lowest BCUT2D eigenvalue weighted by Crippen LogP contribution is -2.42. The van der Waals surface area contributed by atoms with Crippen molar-refractivity contribution >= 4 is 5.97 Å². The highest BCUT2D eigenvalue weighted by molar-refractivity contribution is 5.75. The van der Waals surface area contributed by atoms with E-state index < -0.39 is 37.3 Å². The minimum Gasteiger partial charge on any atom is -0.481 e. The van der Waals surface area contributed by atoms with Crippen molar-refractivity contribution < 1.29 is 30.3 Å². The third-order valence-corrected chi connectivity index (χ3v) is 1.90. The molecule has 0 bridgehead atoms. The molecule has 5 N–H and O–H groups in total. The molecule has 1 atom stereocenters. The average Bonchev–Trinajstić information content (AvgIpc) is 2.13. The highest BCUT2D eigenvalue weighted by Gasteiger charge is 2.39. The number of hydrogen-bond donors (Lipinski definition) is 5. The van der Waals surface area contributed by atoms with Gasteiger partial charge >= 0.3 is 5.97 Å². The lowest BCUT2D eigenvalue weighted by molar-refractivity contribution is -0.158. The van der Waals surface area contributed by atoms with Crippen molar-refractivity contribution in [3.05, 3.63) is 0 Å². The fourth-order valence-corrected chi connectivity index (χ4v) is 0.917. The second-order valence-electron chi connectivity index (χ2n) is 2.94. The molecule has 0 fully saturated rings. The van der Waals surface area contributed by atoms with Gasteiger partial charge < -0.3 is 25.5 Å². The van der Waals surface area contributed by atoms with E-state index in [1.807, 2.05) is 0 Å². The standard InChI is InChI=1S/C7H14O6/c8-2-5(11)1-7(3-9,4-10)6(12)13/h5,8-11H,1-4H2,(H,12,13). The van der Waals surface area contributed by atoms with Crippen LogP contribution >= 0.6 is 0 Å². The fourth-order valence-electron chi connectivity index (χ4n) is 0.917. The highest BCUT2D eigenvalue weighted by Crippen LogP contribution is 2.23. The van der Waals surface area contributed by atoms with E-state index in [-0.39, 0.29) is 6.42 Å². The van der Waals surface area contributed by atoms with Crippen LogP contribution in [0.15, 0.2) is 0 Å². The first-order valence-corrected chi connectivity index (χ1v) is 3.76. The lowest BCUT2D eigenvalue weighted by Gasteiger charge is -2.26. The topological polar surface area (TPSA) is 118 Å². The molecule has 13 heavy (non-hydrogen) atoms. The summed E-state index contributed by atoms with van der Waals surface area (Å²) in [5.41, 5.74) is -1.78. The van der Waals surface area contributed by atoms with Crippen LogP contribution in [-0.2, 0) is 4.79 Å². The molecule has 0 heterocycles. The number of carboxylic acid groups (broad SMARTS) is 1. The maximum Gasteiger partial charge on any atom is 0.314 e. The van der Waals surface area contributed by atoms with E-state index in [9.17, 15) is 4.79 Å². The summed E-state index contributed by atoms with van der Waals surface area (Å²) in [6, 6.07) is 0. The zero-order valence-corrected chi connectivity index (χ0v) is 7.05. The Hall–Kier alpha value is -0.690. The number of hydrogen-bond acceptors (Lipinski definition) is 5. The van der Waals surface area contributed by atoms with E-state index in [0.717, 1.165) is 0 Å². The maximum absolute atomic E-state index is 10.6. The maximum atomic E-state index is 10.6. The van der Waals surface area contributed by atoms with Crippen LogP contribution < -0.4 is 0 Å². The molecule has 0 aromatic carbocycles. The SMILES string of the molecule is O=C(O)C(CO)(CO)CC(O)CO. The smallest absolute Gasteiger partial charge is 0.314 e. The zero-order chi connectivity index (χ0) is 10.5. The van der Waals surface area contributed by atoms with Crippen LogP contribution in [0.2, 0.25) is 0 Å². The van der Waals surface area contributed by atoms with Crippen molar-refractivity contribution in [2.75, 3.05) is 19.8 Å². The molecule has 0 spiro atoms. The summed E-state index contributed by atoms with van der Waals surface area (Å²) in [5.74, 6) is -1.40. The van der Waals surface area contributed by atoms with E-state index in [4.69, 9.17) is 25.5 Å². The number of aliphatic carboxylic acids is 1. The first-order valence-electron chi connectivity index (χ1n) is 3.76. The Bertz CT molecular complexity index is 164. The van der Waals surface area contributed by atoms with Crippen LogP contribution in [0.4, 0.5) is 0 Å². The number of carbonyl (C=O) groups is 1. The molecular weight excluding hydrogens is 180 g/mol. The largest absolute Gasteiger partial charge is 0.481 e. The lowest BCUT2D eigenvalue weighted by atomic mass is 9.84. The first-order chi connectivity index (χ1) is 6.02. The second kappa shape index (κ2) is 5.13. The van der Waals surface area contributed by atoms with E-state index in [2.05, 4.69) is 0 Å². The molecule has 0 saturated carbocycles. The van der Waals surface area contributed by atoms with Crippen LogP contribution in [0.25, 0.3) is 0 Å². The van der Waals surface area contributed by atoms with E-state index >= 15 is 0 Å². The van der Waals surface area contributed by atoms with Crippen LogP contribution in [0.5, 0.6) is 0 Å². The Morgan fingerprint density at radius 3 is 1.92 bits per heavy atom. The van der Waals surface area contributed by atoms with Gasteiger partial charge in [-0.25, -0.2) is 0 Å². The molecule has 0 aliphatic carbocycles. The molecule has 0 radical (unpaired) electrons. The summed E-state index contributed by atoms with van der Waals surface area (Å²) in [6.45, 7) is -2.17. The van der Waals surface area contributed by atoms with Crippen LogP contribution in [0.1, 0.15) is 6.42 Å². The molecule has 0 aromatic rings. The highest BCUT2D eigenvalue weighted by atomic mass is 16.4. The van der Waals surface area contributed by atoms with Gasteiger partial charge in [-0.2, -0.15) is 0 Å². The Labute approximate surface area is 75.1 Å². The van der Waals surface area contributed by atoms with Crippen molar-refractivity contribution in [1.82, 2.24) is 0 Å². The molecule has 6 heteroatoms. The number of aliphatic hydroxyl groups excluding tert-OH is 4. The van der Waals surface area contributed by atoms with Crippen molar-refractivity contribution in [3.8, 4) is 0 Å². The number of rotatable bonds is 6. The van der Waals surface area contributed by atoms with E-state index in [1.165, 1.54) is 0 Å². The van der Waals surface area contributed by atoms with Gasteiger partial charge in [0, 0.05) is 0 Å². The van der Waals surface area contributed by atoms with E-state index in [1.54, 1.807) is 0 Å². The predicted octanol–water partition coefficient (Wildman–Crippen LogP) is -2.21. The van der Waals surface area contributed by atoms with Gasteiger partial charge in [-0.15, -0.1) is 0 Å². The number of carboxylic acids is 1. The summed E-state index contributed by atoms with van der Waals surface area (Å²) in [6.07, 6.45) is -1.64. The fraction of sp³-hybridized carbons (Fsp3) is 0.857. The number of aliphatic hydroxyl groups is 4. The molecule has 0 rings (SSSR count). The predicted molar refractivity (Wildman–Crippen MR) is 42.0 cm³/mol. The first kappa shape index (κ1) is 12.3. The minimum absolute atomic E-state index is 0.383. The zero-order valence-electron chi connectivity index (χ0n) is 7.05. The van der Waals surface area contributed by atoms with Crippen molar-refractivity contribution in [3.63, 3.8) is 0 Å². The molecule has 6 nitrogen and oxygen atoms in total. The van der Waals surface area contributed by atoms with Crippen molar-refractivity contribution in [1.29, 1.82) is 0 Å². The van der Waals surface area contributed by atoms with Gasteiger partial charge in [0.05, 0.1) is 25.9 Å². The van der Waals surface area contributed by atoms with Gasteiger partial charge in [-0.1, -0.05) is 0 Å².